The van der Waals surface area contributed by atoms with Gasteiger partial charge in [0.1, 0.15) is 0 Å². The molecular weight excluding hydrogens is 289 g/mol. The molecule has 1 aromatic rings. The van der Waals surface area contributed by atoms with Crippen LogP contribution in [0.3, 0.4) is 0 Å². The molecule has 1 atom stereocenters. The number of hydrogen-bond acceptors (Lipinski definition) is 2. The summed E-state index contributed by atoms with van der Waals surface area (Å²) >= 11 is 9.45. The maximum absolute atomic E-state index is 6.26. The van der Waals surface area contributed by atoms with Gasteiger partial charge >= 0.3 is 0 Å². The van der Waals surface area contributed by atoms with Crippen LogP contribution in [0.4, 0.5) is 0 Å². The van der Waals surface area contributed by atoms with Gasteiger partial charge in [-0.2, -0.15) is 0 Å². The first kappa shape index (κ1) is 12.4. The fourth-order valence-electron chi connectivity index (χ4n) is 2.07. The molecule has 0 bridgehead atoms. The van der Waals surface area contributed by atoms with E-state index in [0.717, 1.165) is 41.1 Å². The van der Waals surface area contributed by atoms with Gasteiger partial charge in [-0.25, -0.2) is 0 Å². The van der Waals surface area contributed by atoms with Crippen molar-refractivity contribution in [3.05, 3.63) is 33.3 Å². The van der Waals surface area contributed by atoms with Gasteiger partial charge in [0.15, 0.2) is 0 Å². The maximum Gasteiger partial charge on any atom is 0.0551 e. The van der Waals surface area contributed by atoms with E-state index in [-0.39, 0.29) is 6.04 Å². The molecule has 0 aromatic heterocycles. The Morgan fingerprint density at radius 3 is 2.69 bits per heavy atom. The summed E-state index contributed by atoms with van der Waals surface area (Å²) in [6.07, 6.45) is 2.07. The van der Waals surface area contributed by atoms with Gasteiger partial charge < -0.3 is 10.5 Å². The second-order valence-corrected chi connectivity index (χ2v) is 5.41. The van der Waals surface area contributed by atoms with E-state index in [9.17, 15) is 0 Å². The highest BCUT2D eigenvalue weighted by molar-refractivity contribution is 9.10. The van der Waals surface area contributed by atoms with E-state index in [2.05, 4.69) is 15.9 Å². The largest absolute Gasteiger partial charge is 0.381 e. The molecule has 1 aromatic carbocycles. The third kappa shape index (κ3) is 2.77. The van der Waals surface area contributed by atoms with Crippen LogP contribution in [0.15, 0.2) is 22.7 Å². The highest BCUT2D eigenvalue weighted by Gasteiger charge is 2.22. The highest BCUT2D eigenvalue weighted by Crippen LogP contribution is 2.31. The lowest BCUT2D eigenvalue weighted by Gasteiger charge is -2.28. The first-order valence-corrected chi connectivity index (χ1v) is 6.64. The molecule has 0 spiro atoms. The van der Waals surface area contributed by atoms with E-state index in [4.69, 9.17) is 22.1 Å². The molecule has 1 aliphatic heterocycles. The molecule has 4 heteroatoms. The summed E-state index contributed by atoms with van der Waals surface area (Å²) in [4.78, 5) is 0. The van der Waals surface area contributed by atoms with Crippen molar-refractivity contribution in [2.45, 2.75) is 18.9 Å². The van der Waals surface area contributed by atoms with Crippen LogP contribution in [-0.4, -0.2) is 13.2 Å². The Balaban J connectivity index is 2.12. The van der Waals surface area contributed by atoms with Gasteiger partial charge in [0.2, 0.25) is 0 Å². The third-order valence-electron chi connectivity index (χ3n) is 3.10. The Kier molecular flexibility index (Phi) is 4.25. The second kappa shape index (κ2) is 5.50. The predicted molar refractivity (Wildman–Crippen MR) is 69.6 cm³/mol. The average Bonchev–Trinajstić information content (AvgIpc) is 2.33. The van der Waals surface area contributed by atoms with Gasteiger partial charge in [0, 0.05) is 23.7 Å². The Bertz CT molecular complexity index is 366. The van der Waals surface area contributed by atoms with Crippen LogP contribution in [0.25, 0.3) is 0 Å². The normalized spacial score (nSPS) is 19.7. The van der Waals surface area contributed by atoms with E-state index in [1.807, 2.05) is 18.2 Å². The molecule has 1 unspecified atom stereocenters. The fraction of sp³-hybridized carbons (Fsp3) is 0.500. The van der Waals surface area contributed by atoms with Gasteiger partial charge in [-0.1, -0.05) is 17.7 Å². The first-order chi connectivity index (χ1) is 7.68. The molecule has 1 saturated heterocycles. The van der Waals surface area contributed by atoms with Gasteiger partial charge in [-0.3, -0.25) is 0 Å². The molecule has 1 aliphatic rings. The molecule has 16 heavy (non-hydrogen) atoms. The van der Waals surface area contributed by atoms with E-state index in [1.54, 1.807) is 0 Å². The van der Waals surface area contributed by atoms with E-state index < -0.39 is 0 Å². The molecule has 2 rings (SSSR count). The molecule has 2 nitrogen and oxygen atoms in total. The van der Waals surface area contributed by atoms with Crippen molar-refractivity contribution in [1.29, 1.82) is 0 Å². The Morgan fingerprint density at radius 1 is 1.38 bits per heavy atom. The number of rotatable bonds is 2. The smallest absolute Gasteiger partial charge is 0.0551 e. The molecule has 2 N–H and O–H groups in total. The van der Waals surface area contributed by atoms with E-state index >= 15 is 0 Å². The number of halogens is 2. The molecule has 88 valence electrons. The van der Waals surface area contributed by atoms with Crippen molar-refractivity contribution in [1.82, 2.24) is 0 Å². The molecule has 0 saturated carbocycles. The predicted octanol–water partition coefficient (Wildman–Crippen LogP) is 3.53. The van der Waals surface area contributed by atoms with Gasteiger partial charge in [-0.15, -0.1) is 0 Å². The van der Waals surface area contributed by atoms with Gasteiger partial charge in [0.25, 0.3) is 0 Å². The fourth-order valence-corrected chi connectivity index (χ4v) is 2.50. The summed E-state index contributed by atoms with van der Waals surface area (Å²) in [6, 6.07) is 6.01. The second-order valence-electron chi connectivity index (χ2n) is 4.15. The Hall–Kier alpha value is -0.0900. The van der Waals surface area contributed by atoms with E-state index in [1.165, 1.54) is 0 Å². The number of hydrogen-bond donors (Lipinski definition) is 1. The Morgan fingerprint density at radius 2 is 2.06 bits per heavy atom. The molecule has 1 heterocycles. The van der Waals surface area contributed by atoms with Crippen LogP contribution in [0.2, 0.25) is 5.02 Å². The number of benzene rings is 1. The molecule has 0 aliphatic carbocycles. The summed E-state index contributed by atoms with van der Waals surface area (Å²) in [6.45, 7) is 1.64. The molecule has 0 radical (unpaired) electrons. The quantitative estimate of drug-likeness (QED) is 0.907. The van der Waals surface area contributed by atoms with Crippen molar-refractivity contribution >= 4 is 27.5 Å². The lowest BCUT2D eigenvalue weighted by molar-refractivity contribution is 0.0584. The zero-order valence-corrected chi connectivity index (χ0v) is 11.3. The van der Waals surface area contributed by atoms with Crippen molar-refractivity contribution in [2.24, 2.45) is 11.7 Å². The van der Waals surface area contributed by atoms with Crippen LogP contribution in [0.5, 0.6) is 0 Å². The molecular formula is C12H15BrClNO. The molecule has 0 amide bonds. The van der Waals surface area contributed by atoms with Crippen molar-refractivity contribution in [3.8, 4) is 0 Å². The van der Waals surface area contributed by atoms with Crippen LogP contribution >= 0.6 is 27.5 Å². The van der Waals surface area contributed by atoms with Crippen LogP contribution in [0.1, 0.15) is 24.4 Å². The minimum absolute atomic E-state index is 0.0644. The zero-order valence-electron chi connectivity index (χ0n) is 8.96. The van der Waals surface area contributed by atoms with Gasteiger partial charge in [-0.05, 0) is 52.4 Å². The SMILES string of the molecule is NC(c1ccc(Br)c(Cl)c1)C1CCOCC1. The maximum atomic E-state index is 6.26. The van der Waals surface area contributed by atoms with Crippen molar-refractivity contribution in [2.75, 3.05) is 13.2 Å². The van der Waals surface area contributed by atoms with Gasteiger partial charge in [0.05, 0.1) is 5.02 Å². The van der Waals surface area contributed by atoms with Crippen LogP contribution < -0.4 is 5.73 Å². The standard InChI is InChI=1S/C12H15BrClNO/c13-10-2-1-9(7-11(10)14)12(15)8-3-5-16-6-4-8/h1-2,7-8,12H,3-6,15H2. The monoisotopic (exact) mass is 303 g/mol. The number of nitrogens with two attached hydrogens (primary N) is 1. The average molecular weight is 305 g/mol. The molecule has 1 fully saturated rings. The minimum Gasteiger partial charge on any atom is -0.381 e. The van der Waals surface area contributed by atoms with Crippen LogP contribution in [-0.2, 0) is 4.74 Å². The summed E-state index contributed by atoms with van der Waals surface area (Å²) in [7, 11) is 0. The minimum atomic E-state index is 0.0644. The topological polar surface area (TPSA) is 35.2 Å². The van der Waals surface area contributed by atoms with Crippen LogP contribution in [0, 0.1) is 5.92 Å². The number of ether oxygens (including phenoxy) is 1. The lowest BCUT2D eigenvalue weighted by atomic mass is 9.88. The third-order valence-corrected chi connectivity index (χ3v) is 4.33. The van der Waals surface area contributed by atoms with E-state index in [0.29, 0.717) is 5.92 Å². The summed E-state index contributed by atoms with van der Waals surface area (Å²) < 4.78 is 6.25. The van der Waals surface area contributed by atoms with Crippen molar-refractivity contribution < 1.29 is 4.74 Å². The van der Waals surface area contributed by atoms with Crippen molar-refractivity contribution in [3.63, 3.8) is 0 Å². The zero-order chi connectivity index (χ0) is 11.5. The first-order valence-electron chi connectivity index (χ1n) is 5.47. The summed E-state index contributed by atoms with van der Waals surface area (Å²) in [5.41, 5.74) is 7.37. The summed E-state index contributed by atoms with van der Waals surface area (Å²) in [5, 5.41) is 0.722. The summed E-state index contributed by atoms with van der Waals surface area (Å²) in [5.74, 6) is 0.506. The lowest BCUT2D eigenvalue weighted by Crippen LogP contribution is -2.27. The highest BCUT2D eigenvalue weighted by atomic mass is 79.9. The Labute approximate surface area is 109 Å².